The van der Waals surface area contributed by atoms with Crippen molar-refractivity contribution < 1.29 is 24.1 Å². The van der Waals surface area contributed by atoms with Crippen LogP contribution in [0.15, 0.2) is 55.2 Å². The first-order chi connectivity index (χ1) is 12.9. The Morgan fingerprint density at radius 3 is 2.63 bits per heavy atom. The molecule has 1 aliphatic heterocycles. The van der Waals surface area contributed by atoms with Crippen LogP contribution in [0.25, 0.3) is 0 Å². The lowest BCUT2D eigenvalue weighted by Crippen LogP contribution is -2.13. The topological polar surface area (TPSA) is 125 Å². The number of esters is 1. The van der Waals surface area contributed by atoms with Crippen LogP contribution in [0.5, 0.6) is 0 Å². The second-order valence-electron chi connectivity index (χ2n) is 5.63. The van der Waals surface area contributed by atoms with Crippen LogP contribution < -0.4 is 0 Å². The van der Waals surface area contributed by atoms with Gasteiger partial charge in [0.25, 0.3) is 11.4 Å². The van der Waals surface area contributed by atoms with Crippen molar-refractivity contribution in [1.29, 1.82) is 0 Å². The number of hydrogen-bond donors (Lipinski definition) is 0. The number of nitro groups is 2. The van der Waals surface area contributed by atoms with Gasteiger partial charge in [0, 0.05) is 6.07 Å². The molecule has 1 aliphatic rings. The van der Waals surface area contributed by atoms with Crippen molar-refractivity contribution in [1.82, 2.24) is 0 Å². The third-order valence-electron chi connectivity index (χ3n) is 3.75. The standard InChI is InChI=1S/C18H18N2O7/c1-2-3-4-5-6-7-8-16-17(27-16)12-26-18(21)14-10-9-13(19(22)23)11-15(14)20(24)25/h2-4,6-7,9-11,16-17H,1,5,8,12H2/b4-3+,7-6+/t16-,17+/m1/s1. The molecule has 1 aromatic rings. The molecule has 9 heteroatoms. The minimum Gasteiger partial charge on any atom is -0.459 e. The van der Waals surface area contributed by atoms with Crippen LogP contribution in [0.3, 0.4) is 0 Å². The molecule has 142 valence electrons. The van der Waals surface area contributed by atoms with Crippen LogP contribution in [0, 0.1) is 20.2 Å². The molecule has 1 saturated heterocycles. The van der Waals surface area contributed by atoms with E-state index in [1.807, 2.05) is 24.3 Å². The number of nitro benzene ring substituents is 2. The van der Waals surface area contributed by atoms with Gasteiger partial charge in [-0.15, -0.1) is 0 Å². The summed E-state index contributed by atoms with van der Waals surface area (Å²) in [6, 6.07) is 2.77. The van der Waals surface area contributed by atoms with E-state index in [4.69, 9.17) is 9.47 Å². The summed E-state index contributed by atoms with van der Waals surface area (Å²) in [5.74, 6) is -0.920. The Bertz CT molecular complexity index is 801. The number of hydrogen-bond acceptors (Lipinski definition) is 7. The first kappa shape index (κ1) is 20.0. The zero-order valence-corrected chi connectivity index (χ0v) is 14.4. The number of epoxide rings is 1. The molecule has 0 aliphatic carbocycles. The Morgan fingerprint density at radius 1 is 1.19 bits per heavy atom. The summed E-state index contributed by atoms with van der Waals surface area (Å²) < 4.78 is 10.4. The molecular formula is C18H18N2O7. The second kappa shape index (κ2) is 9.39. The summed E-state index contributed by atoms with van der Waals surface area (Å²) >= 11 is 0. The van der Waals surface area contributed by atoms with Crippen LogP contribution >= 0.6 is 0 Å². The fourth-order valence-electron chi connectivity index (χ4n) is 2.31. The van der Waals surface area contributed by atoms with E-state index in [9.17, 15) is 25.0 Å². The monoisotopic (exact) mass is 374 g/mol. The lowest BCUT2D eigenvalue weighted by molar-refractivity contribution is -0.394. The maximum atomic E-state index is 12.1. The minimum absolute atomic E-state index is 0.0398. The molecule has 0 spiro atoms. The molecule has 0 aromatic heterocycles. The lowest BCUT2D eigenvalue weighted by Gasteiger charge is -2.04. The molecule has 1 aromatic carbocycles. The molecule has 0 bridgehead atoms. The van der Waals surface area contributed by atoms with Crippen molar-refractivity contribution >= 4 is 17.3 Å². The first-order valence-corrected chi connectivity index (χ1v) is 8.12. The van der Waals surface area contributed by atoms with Gasteiger partial charge in [0.15, 0.2) is 0 Å². The number of carbonyl (C=O) groups is 1. The SMILES string of the molecule is C=C/C=C/C/C=C/C[C@H]1O[C@H]1COC(=O)c1ccc([N+](=O)[O-])cc1[N+](=O)[O-]. The number of ether oxygens (including phenoxy) is 2. The number of rotatable bonds is 10. The molecule has 2 rings (SSSR count). The minimum atomic E-state index is -0.920. The third kappa shape index (κ3) is 5.86. The van der Waals surface area contributed by atoms with E-state index in [0.717, 1.165) is 24.6 Å². The molecule has 27 heavy (non-hydrogen) atoms. The highest BCUT2D eigenvalue weighted by Gasteiger charge is 2.39. The van der Waals surface area contributed by atoms with Crippen molar-refractivity contribution in [3.8, 4) is 0 Å². The van der Waals surface area contributed by atoms with Gasteiger partial charge in [-0.2, -0.15) is 0 Å². The summed E-state index contributed by atoms with van der Waals surface area (Å²) in [6.07, 6.45) is 10.5. The van der Waals surface area contributed by atoms with E-state index in [2.05, 4.69) is 6.58 Å². The van der Waals surface area contributed by atoms with Crippen LogP contribution in [0.1, 0.15) is 23.2 Å². The average Bonchev–Trinajstić information content (AvgIpc) is 3.40. The normalized spacial score (nSPS) is 18.5. The Morgan fingerprint density at radius 2 is 1.96 bits per heavy atom. The molecule has 2 atom stereocenters. The Hall–Kier alpha value is -3.33. The van der Waals surface area contributed by atoms with E-state index >= 15 is 0 Å². The van der Waals surface area contributed by atoms with Gasteiger partial charge in [-0.25, -0.2) is 4.79 Å². The summed E-state index contributed by atoms with van der Waals surface area (Å²) in [5.41, 5.74) is -1.48. The molecular weight excluding hydrogens is 356 g/mol. The summed E-state index contributed by atoms with van der Waals surface area (Å²) in [5, 5.41) is 21.8. The van der Waals surface area contributed by atoms with Gasteiger partial charge in [-0.1, -0.05) is 37.0 Å². The van der Waals surface area contributed by atoms with E-state index < -0.39 is 27.2 Å². The summed E-state index contributed by atoms with van der Waals surface area (Å²) in [4.78, 5) is 32.2. The number of carbonyl (C=O) groups excluding carboxylic acids is 1. The zero-order valence-electron chi connectivity index (χ0n) is 14.4. The van der Waals surface area contributed by atoms with Gasteiger partial charge in [0.05, 0.1) is 22.0 Å². The van der Waals surface area contributed by atoms with Crippen LogP contribution in [-0.4, -0.2) is 34.6 Å². The van der Waals surface area contributed by atoms with Crippen LogP contribution in [0.4, 0.5) is 11.4 Å². The van der Waals surface area contributed by atoms with E-state index in [1.54, 1.807) is 6.08 Å². The van der Waals surface area contributed by atoms with Crippen molar-refractivity contribution in [2.45, 2.75) is 25.0 Å². The fourth-order valence-corrected chi connectivity index (χ4v) is 2.31. The predicted molar refractivity (Wildman–Crippen MR) is 96.4 cm³/mol. The summed E-state index contributed by atoms with van der Waals surface area (Å²) in [6.45, 7) is 3.53. The van der Waals surface area contributed by atoms with Gasteiger partial charge < -0.3 is 9.47 Å². The molecule has 0 saturated carbocycles. The predicted octanol–water partition coefficient (Wildman–Crippen LogP) is 3.51. The number of non-ortho nitro benzene ring substituents is 1. The zero-order chi connectivity index (χ0) is 19.8. The Balaban J connectivity index is 1.85. The van der Waals surface area contributed by atoms with Crippen molar-refractivity contribution in [3.63, 3.8) is 0 Å². The molecule has 1 heterocycles. The molecule has 9 nitrogen and oxygen atoms in total. The van der Waals surface area contributed by atoms with Gasteiger partial charge in [0.1, 0.15) is 18.3 Å². The highest BCUT2D eigenvalue weighted by atomic mass is 16.6. The maximum absolute atomic E-state index is 12.1. The number of nitrogens with zero attached hydrogens (tertiary/aromatic N) is 2. The van der Waals surface area contributed by atoms with E-state index in [0.29, 0.717) is 6.42 Å². The highest BCUT2D eigenvalue weighted by molar-refractivity contribution is 5.94. The lowest BCUT2D eigenvalue weighted by atomic mass is 10.1. The van der Waals surface area contributed by atoms with E-state index in [-0.39, 0.29) is 24.4 Å². The van der Waals surface area contributed by atoms with Crippen molar-refractivity contribution in [3.05, 3.63) is 81.0 Å². The molecule has 1 fully saturated rings. The largest absolute Gasteiger partial charge is 0.459 e. The van der Waals surface area contributed by atoms with Crippen LogP contribution in [-0.2, 0) is 9.47 Å². The Labute approximate surface area is 154 Å². The third-order valence-corrected chi connectivity index (χ3v) is 3.75. The van der Waals surface area contributed by atoms with Gasteiger partial charge in [-0.3, -0.25) is 20.2 Å². The van der Waals surface area contributed by atoms with Gasteiger partial charge in [-0.05, 0) is 18.9 Å². The smallest absolute Gasteiger partial charge is 0.345 e. The second-order valence-corrected chi connectivity index (χ2v) is 5.63. The number of allylic oxidation sites excluding steroid dienone is 4. The number of benzene rings is 1. The van der Waals surface area contributed by atoms with Crippen LogP contribution in [0.2, 0.25) is 0 Å². The molecule has 0 N–H and O–H groups in total. The summed E-state index contributed by atoms with van der Waals surface area (Å²) in [7, 11) is 0. The van der Waals surface area contributed by atoms with E-state index in [1.165, 1.54) is 0 Å². The average molecular weight is 374 g/mol. The van der Waals surface area contributed by atoms with Crippen molar-refractivity contribution in [2.24, 2.45) is 0 Å². The molecule has 0 radical (unpaired) electrons. The molecule has 0 amide bonds. The first-order valence-electron chi connectivity index (χ1n) is 8.12. The quantitative estimate of drug-likeness (QED) is 0.153. The maximum Gasteiger partial charge on any atom is 0.345 e. The van der Waals surface area contributed by atoms with Gasteiger partial charge in [0.2, 0.25) is 0 Å². The Kier molecular flexibility index (Phi) is 6.95. The fraction of sp³-hybridized carbons (Fsp3) is 0.278. The molecule has 0 unspecified atom stereocenters. The highest BCUT2D eigenvalue weighted by Crippen LogP contribution is 2.28. The van der Waals surface area contributed by atoms with Gasteiger partial charge >= 0.3 is 5.97 Å². The van der Waals surface area contributed by atoms with Crippen molar-refractivity contribution in [2.75, 3.05) is 6.61 Å².